The smallest absolute Gasteiger partial charge is 0.0730 e. The van der Waals surface area contributed by atoms with Gasteiger partial charge in [-0.3, -0.25) is 0 Å². The van der Waals surface area contributed by atoms with E-state index in [1.165, 1.54) is 32.1 Å². The average molecular weight is 169 g/mol. The first-order chi connectivity index (χ1) is 5.87. The van der Waals surface area contributed by atoms with E-state index in [1.807, 2.05) is 7.11 Å². The van der Waals surface area contributed by atoms with Gasteiger partial charge in [-0.2, -0.15) is 0 Å². The third kappa shape index (κ3) is 1.27. The van der Waals surface area contributed by atoms with Crippen LogP contribution in [0.1, 0.15) is 32.1 Å². The molecular formula is C10H19NO. The van der Waals surface area contributed by atoms with Crippen LogP contribution in [-0.4, -0.2) is 25.8 Å². The molecule has 1 saturated carbocycles. The molecule has 2 fully saturated rings. The molecule has 1 aliphatic carbocycles. The lowest BCUT2D eigenvalue weighted by molar-refractivity contribution is -0.102. The van der Waals surface area contributed by atoms with E-state index in [1.54, 1.807) is 0 Å². The molecule has 12 heavy (non-hydrogen) atoms. The van der Waals surface area contributed by atoms with Crippen LogP contribution < -0.4 is 5.32 Å². The number of hydrogen-bond donors (Lipinski definition) is 1. The summed E-state index contributed by atoms with van der Waals surface area (Å²) in [6, 6.07) is 0. The van der Waals surface area contributed by atoms with Gasteiger partial charge in [0, 0.05) is 7.11 Å². The molecule has 70 valence electrons. The van der Waals surface area contributed by atoms with Gasteiger partial charge in [-0.05, 0) is 44.7 Å². The third-order valence-electron chi connectivity index (χ3n) is 3.71. The minimum absolute atomic E-state index is 0.253. The Morgan fingerprint density at radius 1 is 1.25 bits per heavy atom. The fourth-order valence-electron chi connectivity index (χ4n) is 2.56. The lowest BCUT2D eigenvalue weighted by Gasteiger charge is -2.46. The fourth-order valence-corrected chi connectivity index (χ4v) is 2.56. The van der Waals surface area contributed by atoms with E-state index in [0.717, 1.165) is 19.0 Å². The van der Waals surface area contributed by atoms with E-state index >= 15 is 0 Å². The number of rotatable bonds is 2. The summed E-state index contributed by atoms with van der Waals surface area (Å²) in [6.07, 6.45) is 6.65. The van der Waals surface area contributed by atoms with Crippen molar-refractivity contribution in [2.75, 3.05) is 20.2 Å². The second-order valence-corrected chi connectivity index (χ2v) is 4.15. The zero-order valence-corrected chi connectivity index (χ0v) is 7.94. The summed E-state index contributed by atoms with van der Waals surface area (Å²) in [5.41, 5.74) is 0.253. The molecule has 0 amide bonds. The highest BCUT2D eigenvalue weighted by atomic mass is 16.5. The van der Waals surface area contributed by atoms with Gasteiger partial charge in [0.2, 0.25) is 0 Å². The van der Waals surface area contributed by atoms with Crippen LogP contribution >= 0.6 is 0 Å². The molecule has 0 aromatic carbocycles. The monoisotopic (exact) mass is 169 g/mol. The highest BCUT2D eigenvalue weighted by Crippen LogP contribution is 2.42. The Morgan fingerprint density at radius 3 is 2.33 bits per heavy atom. The Bertz CT molecular complexity index is 148. The van der Waals surface area contributed by atoms with Crippen LogP contribution in [0.3, 0.4) is 0 Å². The average Bonchev–Trinajstić information content (AvgIpc) is 2.03. The van der Waals surface area contributed by atoms with E-state index in [-0.39, 0.29) is 5.60 Å². The predicted octanol–water partition coefficient (Wildman–Crippen LogP) is 1.56. The van der Waals surface area contributed by atoms with E-state index in [9.17, 15) is 0 Å². The van der Waals surface area contributed by atoms with Crippen LogP contribution in [0.25, 0.3) is 0 Å². The molecule has 2 nitrogen and oxygen atoms in total. The molecule has 2 rings (SSSR count). The van der Waals surface area contributed by atoms with Crippen molar-refractivity contribution in [2.45, 2.75) is 37.7 Å². The molecule has 1 N–H and O–H groups in total. The normalized spacial score (nSPS) is 29.8. The summed E-state index contributed by atoms with van der Waals surface area (Å²) >= 11 is 0. The number of piperidine rings is 1. The second kappa shape index (κ2) is 3.35. The molecule has 1 heterocycles. The minimum atomic E-state index is 0.253. The maximum absolute atomic E-state index is 5.74. The first kappa shape index (κ1) is 8.52. The molecule has 0 atom stereocenters. The molecule has 2 heteroatoms. The lowest BCUT2D eigenvalue weighted by atomic mass is 9.69. The SMILES string of the molecule is COC1(C2CCC2)CCNCC1. The van der Waals surface area contributed by atoms with Crippen molar-refractivity contribution in [3.63, 3.8) is 0 Å². The van der Waals surface area contributed by atoms with E-state index in [4.69, 9.17) is 4.74 Å². The molecule has 0 bridgehead atoms. The van der Waals surface area contributed by atoms with Gasteiger partial charge in [0.15, 0.2) is 0 Å². The number of ether oxygens (including phenoxy) is 1. The summed E-state index contributed by atoms with van der Waals surface area (Å²) in [7, 11) is 1.89. The first-order valence-corrected chi connectivity index (χ1v) is 5.13. The van der Waals surface area contributed by atoms with Crippen molar-refractivity contribution >= 4 is 0 Å². The molecule has 0 unspecified atom stereocenters. The van der Waals surface area contributed by atoms with Crippen molar-refractivity contribution in [1.29, 1.82) is 0 Å². The second-order valence-electron chi connectivity index (χ2n) is 4.15. The Kier molecular flexibility index (Phi) is 2.37. The Balaban J connectivity index is 2.00. The van der Waals surface area contributed by atoms with Gasteiger partial charge in [0.1, 0.15) is 0 Å². The van der Waals surface area contributed by atoms with Crippen molar-refractivity contribution in [1.82, 2.24) is 5.32 Å². The van der Waals surface area contributed by atoms with Crippen LogP contribution in [0, 0.1) is 5.92 Å². The molecule has 0 spiro atoms. The molecule has 1 aliphatic heterocycles. The lowest BCUT2D eigenvalue weighted by Crippen LogP contribution is -2.50. The van der Waals surface area contributed by atoms with Crippen molar-refractivity contribution < 1.29 is 4.74 Å². The Labute approximate surface area is 74.7 Å². The van der Waals surface area contributed by atoms with Crippen LogP contribution in [0.4, 0.5) is 0 Å². The first-order valence-electron chi connectivity index (χ1n) is 5.13. The molecule has 0 aromatic heterocycles. The molecule has 2 aliphatic rings. The zero-order valence-electron chi connectivity index (χ0n) is 7.94. The van der Waals surface area contributed by atoms with Gasteiger partial charge in [0.05, 0.1) is 5.60 Å². The van der Waals surface area contributed by atoms with Gasteiger partial charge in [-0.15, -0.1) is 0 Å². The van der Waals surface area contributed by atoms with Gasteiger partial charge in [-0.1, -0.05) is 6.42 Å². The van der Waals surface area contributed by atoms with E-state index in [2.05, 4.69) is 5.32 Å². The van der Waals surface area contributed by atoms with Crippen molar-refractivity contribution in [2.24, 2.45) is 5.92 Å². The largest absolute Gasteiger partial charge is 0.378 e. The highest BCUT2D eigenvalue weighted by Gasteiger charge is 2.42. The van der Waals surface area contributed by atoms with Gasteiger partial charge in [-0.25, -0.2) is 0 Å². The summed E-state index contributed by atoms with van der Waals surface area (Å²) in [5.74, 6) is 0.865. The van der Waals surface area contributed by atoms with Crippen LogP contribution in [0.2, 0.25) is 0 Å². The summed E-state index contributed by atoms with van der Waals surface area (Å²) in [4.78, 5) is 0. The minimum Gasteiger partial charge on any atom is -0.378 e. The Hall–Kier alpha value is -0.0800. The predicted molar refractivity (Wildman–Crippen MR) is 49.2 cm³/mol. The maximum Gasteiger partial charge on any atom is 0.0730 e. The molecule has 0 aromatic rings. The van der Waals surface area contributed by atoms with Gasteiger partial charge >= 0.3 is 0 Å². The molecule has 0 radical (unpaired) electrons. The topological polar surface area (TPSA) is 21.3 Å². The quantitative estimate of drug-likeness (QED) is 0.677. The zero-order chi connectivity index (χ0) is 8.44. The van der Waals surface area contributed by atoms with Crippen molar-refractivity contribution in [3.05, 3.63) is 0 Å². The van der Waals surface area contributed by atoms with Gasteiger partial charge in [0.25, 0.3) is 0 Å². The van der Waals surface area contributed by atoms with Crippen LogP contribution in [0.15, 0.2) is 0 Å². The summed E-state index contributed by atoms with van der Waals surface area (Å²) < 4.78 is 5.74. The van der Waals surface area contributed by atoms with Gasteiger partial charge < -0.3 is 10.1 Å². The fraction of sp³-hybridized carbons (Fsp3) is 1.00. The highest BCUT2D eigenvalue weighted by molar-refractivity contribution is 4.95. The molecular weight excluding hydrogens is 150 g/mol. The van der Waals surface area contributed by atoms with Crippen molar-refractivity contribution in [3.8, 4) is 0 Å². The Morgan fingerprint density at radius 2 is 1.92 bits per heavy atom. The number of methoxy groups -OCH3 is 1. The number of hydrogen-bond acceptors (Lipinski definition) is 2. The summed E-state index contributed by atoms with van der Waals surface area (Å²) in [6.45, 7) is 2.29. The molecule has 1 saturated heterocycles. The third-order valence-corrected chi connectivity index (χ3v) is 3.71. The van der Waals surface area contributed by atoms with Crippen LogP contribution in [0.5, 0.6) is 0 Å². The van der Waals surface area contributed by atoms with E-state index < -0.39 is 0 Å². The number of nitrogens with one attached hydrogen (secondary N) is 1. The van der Waals surface area contributed by atoms with E-state index in [0.29, 0.717) is 0 Å². The van der Waals surface area contributed by atoms with Crippen LogP contribution in [-0.2, 0) is 4.74 Å². The standard InChI is InChI=1S/C10H19NO/c1-12-10(9-3-2-4-9)5-7-11-8-6-10/h9,11H,2-8H2,1H3. The summed E-state index contributed by atoms with van der Waals surface area (Å²) in [5, 5.41) is 3.40. The maximum atomic E-state index is 5.74.